The van der Waals surface area contributed by atoms with E-state index in [1.54, 1.807) is 4.90 Å². The average Bonchev–Trinajstić information content (AvgIpc) is 2.80. The number of benzene rings is 3. The molecule has 168 valence electrons. The van der Waals surface area contributed by atoms with Crippen molar-refractivity contribution >= 4 is 55.6 Å². The highest BCUT2D eigenvalue weighted by atomic mass is 35.5. The van der Waals surface area contributed by atoms with Crippen LogP contribution in [-0.4, -0.2) is 51.5 Å². The van der Waals surface area contributed by atoms with E-state index in [0.717, 1.165) is 16.5 Å². The maximum absolute atomic E-state index is 13.6. The number of anilines is 1. The van der Waals surface area contributed by atoms with Crippen molar-refractivity contribution in [2.24, 2.45) is 0 Å². The third kappa shape index (κ3) is 4.23. The molecule has 0 aliphatic carbocycles. The molecule has 0 bridgehead atoms. The molecule has 1 aliphatic heterocycles. The minimum Gasteiger partial charge on any atom is -0.379 e. The summed E-state index contributed by atoms with van der Waals surface area (Å²) in [6.07, 6.45) is 0. The first-order chi connectivity index (χ1) is 15.3. The SMILES string of the molecule is CCN(C(=O)c1cc(S(=O)(=O)N2CCOCC2)c(Cl)cc1Cl)c1cccc2ccccc12. The highest BCUT2D eigenvalue weighted by molar-refractivity contribution is 7.89. The second kappa shape index (κ2) is 9.37. The van der Waals surface area contributed by atoms with Gasteiger partial charge in [-0.25, -0.2) is 8.42 Å². The van der Waals surface area contributed by atoms with Crippen molar-refractivity contribution in [2.45, 2.75) is 11.8 Å². The van der Waals surface area contributed by atoms with Gasteiger partial charge < -0.3 is 9.64 Å². The van der Waals surface area contributed by atoms with Gasteiger partial charge in [0.25, 0.3) is 5.91 Å². The number of amides is 1. The van der Waals surface area contributed by atoms with Crippen LogP contribution in [0.5, 0.6) is 0 Å². The number of rotatable bonds is 5. The van der Waals surface area contributed by atoms with E-state index >= 15 is 0 Å². The van der Waals surface area contributed by atoms with Gasteiger partial charge in [-0.2, -0.15) is 4.31 Å². The molecule has 0 radical (unpaired) electrons. The summed E-state index contributed by atoms with van der Waals surface area (Å²) in [7, 11) is -3.91. The van der Waals surface area contributed by atoms with Gasteiger partial charge in [-0.05, 0) is 30.5 Å². The van der Waals surface area contributed by atoms with Crippen molar-refractivity contribution in [3.8, 4) is 0 Å². The minimum absolute atomic E-state index is 0.0220. The molecule has 32 heavy (non-hydrogen) atoms. The Hall–Kier alpha value is -2.16. The van der Waals surface area contributed by atoms with Crippen molar-refractivity contribution in [2.75, 3.05) is 37.7 Å². The lowest BCUT2D eigenvalue weighted by Gasteiger charge is -2.27. The second-order valence-corrected chi connectivity index (χ2v) is 10.0. The van der Waals surface area contributed by atoms with Crippen LogP contribution >= 0.6 is 23.2 Å². The van der Waals surface area contributed by atoms with Crippen LogP contribution in [0.2, 0.25) is 10.0 Å². The maximum Gasteiger partial charge on any atom is 0.259 e. The summed E-state index contributed by atoms with van der Waals surface area (Å²) < 4.78 is 33.0. The molecule has 1 amide bonds. The molecule has 3 aromatic carbocycles. The third-order valence-corrected chi connectivity index (χ3v) is 8.13. The Morgan fingerprint density at radius 3 is 2.44 bits per heavy atom. The largest absolute Gasteiger partial charge is 0.379 e. The first kappa shape index (κ1) is 23.0. The fourth-order valence-electron chi connectivity index (χ4n) is 3.83. The highest BCUT2D eigenvalue weighted by Gasteiger charge is 2.31. The number of morpholine rings is 1. The van der Waals surface area contributed by atoms with Gasteiger partial charge in [0, 0.05) is 25.0 Å². The summed E-state index contributed by atoms with van der Waals surface area (Å²) in [5.41, 5.74) is 0.803. The van der Waals surface area contributed by atoms with Gasteiger partial charge >= 0.3 is 0 Å². The molecule has 1 fully saturated rings. The number of halogens is 2. The van der Waals surface area contributed by atoms with Crippen LogP contribution in [0.3, 0.4) is 0 Å². The van der Waals surface area contributed by atoms with Crippen LogP contribution in [0, 0.1) is 0 Å². The molecule has 0 aromatic heterocycles. The number of hydrogen-bond donors (Lipinski definition) is 0. The fraction of sp³-hybridized carbons (Fsp3) is 0.261. The molecule has 0 spiro atoms. The number of nitrogens with zero attached hydrogens (tertiary/aromatic N) is 2. The molecule has 0 N–H and O–H groups in total. The van der Waals surface area contributed by atoms with Crippen molar-refractivity contribution in [3.05, 3.63) is 70.2 Å². The monoisotopic (exact) mass is 492 g/mol. The van der Waals surface area contributed by atoms with Crippen LogP contribution < -0.4 is 4.90 Å². The lowest BCUT2D eigenvalue weighted by Crippen LogP contribution is -2.40. The van der Waals surface area contributed by atoms with Crippen LogP contribution in [0.15, 0.2) is 59.5 Å². The van der Waals surface area contributed by atoms with Gasteiger partial charge in [0.2, 0.25) is 10.0 Å². The lowest BCUT2D eigenvalue weighted by molar-refractivity contribution is 0.0730. The zero-order valence-electron chi connectivity index (χ0n) is 17.4. The molecule has 6 nitrogen and oxygen atoms in total. The van der Waals surface area contributed by atoms with Crippen LogP contribution in [-0.2, 0) is 14.8 Å². The average molecular weight is 493 g/mol. The zero-order valence-corrected chi connectivity index (χ0v) is 19.8. The molecule has 9 heteroatoms. The van der Waals surface area contributed by atoms with Crippen molar-refractivity contribution < 1.29 is 17.9 Å². The van der Waals surface area contributed by atoms with Crippen molar-refractivity contribution in [1.82, 2.24) is 4.31 Å². The molecule has 1 aliphatic rings. The van der Waals surface area contributed by atoms with E-state index < -0.39 is 15.9 Å². The molecule has 0 saturated carbocycles. The number of hydrogen-bond acceptors (Lipinski definition) is 4. The minimum atomic E-state index is -3.91. The normalized spacial score (nSPS) is 15.1. The standard InChI is InChI=1S/C23H22Cl2N2O4S/c1-2-27(21-9-5-7-16-6-3-4-8-17(16)21)23(28)18-14-22(20(25)15-19(18)24)32(29,30)26-10-12-31-13-11-26/h3-9,14-15H,2,10-13H2,1H3. The number of ether oxygens (including phenoxy) is 1. The first-order valence-corrected chi connectivity index (χ1v) is 12.4. The van der Waals surface area contributed by atoms with E-state index in [1.807, 2.05) is 49.4 Å². The van der Waals surface area contributed by atoms with E-state index in [-0.39, 0.29) is 33.6 Å². The molecule has 1 heterocycles. The molecule has 4 rings (SSSR count). The van der Waals surface area contributed by atoms with Crippen molar-refractivity contribution in [3.63, 3.8) is 0 Å². The lowest BCUT2D eigenvalue weighted by atomic mass is 10.1. The van der Waals surface area contributed by atoms with E-state index in [2.05, 4.69) is 0 Å². The number of carbonyl (C=O) groups excluding carboxylic acids is 1. The topological polar surface area (TPSA) is 66.9 Å². The van der Waals surface area contributed by atoms with Crippen molar-refractivity contribution in [1.29, 1.82) is 0 Å². The fourth-order valence-corrected chi connectivity index (χ4v) is 6.07. The van der Waals surface area contributed by atoms with Gasteiger partial charge in [0.1, 0.15) is 4.90 Å². The summed E-state index contributed by atoms with van der Waals surface area (Å²) in [5.74, 6) is -0.399. The summed E-state index contributed by atoms with van der Waals surface area (Å²) in [5, 5.41) is 1.98. The predicted molar refractivity (Wildman–Crippen MR) is 127 cm³/mol. The molecule has 1 saturated heterocycles. The summed E-state index contributed by atoms with van der Waals surface area (Å²) in [6.45, 7) is 3.29. The van der Waals surface area contributed by atoms with Crippen LogP contribution in [0.4, 0.5) is 5.69 Å². The second-order valence-electron chi connectivity index (χ2n) is 7.33. The van der Waals surface area contributed by atoms with E-state index in [0.29, 0.717) is 19.8 Å². The maximum atomic E-state index is 13.6. The van der Waals surface area contributed by atoms with Gasteiger partial charge in [-0.1, -0.05) is 59.6 Å². The Labute approximate surface area is 197 Å². The number of sulfonamides is 1. The Morgan fingerprint density at radius 1 is 1.03 bits per heavy atom. The summed E-state index contributed by atoms with van der Waals surface area (Å²) in [6, 6.07) is 16.1. The Kier molecular flexibility index (Phi) is 6.74. The van der Waals surface area contributed by atoms with Gasteiger partial charge in [0.15, 0.2) is 0 Å². The van der Waals surface area contributed by atoms with Gasteiger partial charge in [-0.15, -0.1) is 0 Å². The highest BCUT2D eigenvalue weighted by Crippen LogP contribution is 2.34. The molecule has 3 aromatic rings. The quantitative estimate of drug-likeness (QED) is 0.511. The Balaban J connectivity index is 1.78. The van der Waals surface area contributed by atoms with E-state index in [4.69, 9.17) is 27.9 Å². The predicted octanol–water partition coefficient (Wildman–Crippen LogP) is 4.83. The summed E-state index contributed by atoms with van der Waals surface area (Å²) >= 11 is 12.7. The van der Waals surface area contributed by atoms with Crippen LogP contribution in [0.1, 0.15) is 17.3 Å². The van der Waals surface area contributed by atoms with Crippen LogP contribution in [0.25, 0.3) is 10.8 Å². The van der Waals surface area contributed by atoms with E-state index in [1.165, 1.54) is 16.4 Å². The summed E-state index contributed by atoms with van der Waals surface area (Å²) in [4.78, 5) is 15.0. The molecular weight excluding hydrogens is 471 g/mol. The Bertz CT molecular complexity index is 1270. The molecule has 0 unspecified atom stereocenters. The number of fused-ring (bicyclic) bond motifs is 1. The third-order valence-electron chi connectivity index (χ3n) is 5.46. The van der Waals surface area contributed by atoms with E-state index in [9.17, 15) is 13.2 Å². The number of carbonyl (C=O) groups is 1. The molecule has 0 atom stereocenters. The first-order valence-electron chi connectivity index (χ1n) is 10.2. The smallest absolute Gasteiger partial charge is 0.259 e. The zero-order chi connectivity index (χ0) is 22.9. The Morgan fingerprint density at radius 2 is 1.72 bits per heavy atom. The van der Waals surface area contributed by atoms with Gasteiger partial charge in [-0.3, -0.25) is 4.79 Å². The molecular formula is C23H22Cl2N2O4S. The van der Waals surface area contributed by atoms with Gasteiger partial charge in [0.05, 0.1) is 34.5 Å².